The zero-order valence-electron chi connectivity index (χ0n) is 8.46. The lowest BCUT2D eigenvalue weighted by Crippen LogP contribution is -2.22. The molecule has 0 bridgehead atoms. The quantitative estimate of drug-likeness (QED) is 0.472. The van der Waals surface area contributed by atoms with E-state index in [2.05, 4.69) is 15.9 Å². The third-order valence-corrected chi connectivity index (χ3v) is 3.08. The molecule has 1 fully saturated rings. The fraction of sp³-hybridized carbons (Fsp3) is 0.600. The van der Waals surface area contributed by atoms with Gasteiger partial charge in [-0.05, 0) is 25.3 Å². The number of aliphatic carboxylic acids is 1. The summed E-state index contributed by atoms with van der Waals surface area (Å²) in [6.45, 7) is 2.06. The lowest BCUT2D eigenvalue weighted by atomic mass is 9.97. The molecule has 0 radical (unpaired) electrons. The molecule has 4 nitrogen and oxygen atoms in total. The third-order valence-electron chi connectivity index (χ3n) is 2.47. The minimum Gasteiger partial charge on any atom is -0.478 e. The SMILES string of the molecule is CCOC(=O)C1(/C(=C\C(=O)O)CBr)CC1. The highest BCUT2D eigenvalue weighted by Crippen LogP contribution is 2.53. The van der Waals surface area contributed by atoms with Crippen molar-refractivity contribution in [3.8, 4) is 0 Å². The molecule has 1 aliphatic carbocycles. The normalized spacial score (nSPS) is 18.4. The van der Waals surface area contributed by atoms with Crippen LogP contribution in [0.2, 0.25) is 0 Å². The molecular weight excluding hydrogens is 264 g/mol. The zero-order valence-corrected chi connectivity index (χ0v) is 10.0. The van der Waals surface area contributed by atoms with Crippen molar-refractivity contribution in [1.82, 2.24) is 0 Å². The fourth-order valence-corrected chi connectivity index (χ4v) is 2.20. The second-order valence-electron chi connectivity index (χ2n) is 3.44. The number of carbonyl (C=O) groups is 2. The number of esters is 1. The Hall–Kier alpha value is -0.840. The molecular formula is C10H13BrO4. The van der Waals surface area contributed by atoms with Crippen molar-refractivity contribution in [3.05, 3.63) is 11.6 Å². The van der Waals surface area contributed by atoms with E-state index in [1.54, 1.807) is 6.92 Å². The van der Waals surface area contributed by atoms with Gasteiger partial charge in [0.2, 0.25) is 0 Å². The fourth-order valence-electron chi connectivity index (χ4n) is 1.50. The topological polar surface area (TPSA) is 63.6 Å². The second kappa shape index (κ2) is 4.79. The average Bonchev–Trinajstić information content (AvgIpc) is 2.95. The molecule has 0 saturated heterocycles. The van der Waals surface area contributed by atoms with Crippen LogP contribution < -0.4 is 0 Å². The van der Waals surface area contributed by atoms with Crippen LogP contribution in [0, 0.1) is 5.41 Å². The molecule has 1 rings (SSSR count). The first-order chi connectivity index (χ1) is 7.06. The molecule has 0 atom stereocenters. The van der Waals surface area contributed by atoms with Gasteiger partial charge < -0.3 is 9.84 Å². The van der Waals surface area contributed by atoms with Gasteiger partial charge in [0.05, 0.1) is 12.0 Å². The van der Waals surface area contributed by atoms with Crippen LogP contribution in [-0.2, 0) is 14.3 Å². The Balaban J connectivity index is 2.84. The Kier molecular flexibility index (Phi) is 3.90. The van der Waals surface area contributed by atoms with E-state index in [0.717, 1.165) is 6.08 Å². The minimum absolute atomic E-state index is 0.308. The molecule has 0 aliphatic heterocycles. The lowest BCUT2D eigenvalue weighted by molar-refractivity contribution is -0.148. The summed E-state index contributed by atoms with van der Waals surface area (Å²) in [6.07, 6.45) is 2.45. The number of hydrogen-bond donors (Lipinski definition) is 1. The van der Waals surface area contributed by atoms with Crippen LogP contribution in [0.25, 0.3) is 0 Å². The highest BCUT2D eigenvalue weighted by atomic mass is 79.9. The maximum absolute atomic E-state index is 11.6. The Labute approximate surface area is 96.4 Å². The highest BCUT2D eigenvalue weighted by Gasteiger charge is 2.53. The Morgan fingerprint density at radius 2 is 2.13 bits per heavy atom. The molecule has 84 valence electrons. The largest absolute Gasteiger partial charge is 0.478 e. The molecule has 0 aromatic heterocycles. The van der Waals surface area contributed by atoms with Crippen molar-refractivity contribution in [3.63, 3.8) is 0 Å². The van der Waals surface area contributed by atoms with E-state index in [0.29, 0.717) is 30.4 Å². The minimum atomic E-state index is -1.03. The van der Waals surface area contributed by atoms with E-state index in [1.165, 1.54) is 0 Å². The van der Waals surface area contributed by atoms with E-state index in [4.69, 9.17) is 9.84 Å². The molecule has 0 amide bonds. The van der Waals surface area contributed by atoms with Gasteiger partial charge in [-0.15, -0.1) is 0 Å². The molecule has 15 heavy (non-hydrogen) atoms. The van der Waals surface area contributed by atoms with Crippen LogP contribution in [0.4, 0.5) is 0 Å². The van der Waals surface area contributed by atoms with Crippen molar-refractivity contribution in [2.75, 3.05) is 11.9 Å². The van der Waals surface area contributed by atoms with Gasteiger partial charge >= 0.3 is 11.9 Å². The van der Waals surface area contributed by atoms with Gasteiger partial charge in [-0.25, -0.2) is 4.79 Å². The van der Waals surface area contributed by atoms with Crippen molar-refractivity contribution >= 4 is 27.9 Å². The summed E-state index contributed by atoms with van der Waals surface area (Å²) in [5.41, 5.74) is -0.0776. The van der Waals surface area contributed by atoms with Crippen molar-refractivity contribution in [2.24, 2.45) is 5.41 Å². The van der Waals surface area contributed by atoms with Crippen molar-refractivity contribution < 1.29 is 19.4 Å². The maximum atomic E-state index is 11.6. The summed E-state index contributed by atoms with van der Waals surface area (Å²) < 4.78 is 4.94. The first kappa shape index (κ1) is 12.2. The molecule has 0 spiro atoms. The molecule has 1 N–H and O–H groups in total. The van der Waals surface area contributed by atoms with Crippen LogP contribution in [-0.4, -0.2) is 29.0 Å². The number of carbonyl (C=O) groups excluding carboxylic acids is 1. The van der Waals surface area contributed by atoms with Crippen LogP contribution >= 0.6 is 15.9 Å². The summed E-state index contributed by atoms with van der Waals surface area (Å²) in [4.78, 5) is 22.2. The summed E-state index contributed by atoms with van der Waals surface area (Å²) in [5, 5.41) is 9.06. The predicted molar refractivity (Wildman–Crippen MR) is 57.8 cm³/mol. The van der Waals surface area contributed by atoms with Gasteiger partial charge in [0.1, 0.15) is 0 Å². The number of carboxylic acid groups (broad SMARTS) is 1. The molecule has 0 unspecified atom stereocenters. The number of halogens is 1. The highest BCUT2D eigenvalue weighted by molar-refractivity contribution is 9.09. The average molecular weight is 277 g/mol. The van der Waals surface area contributed by atoms with E-state index >= 15 is 0 Å². The molecule has 5 heteroatoms. The third kappa shape index (κ3) is 2.59. The molecule has 1 aliphatic rings. The summed E-state index contributed by atoms with van der Waals surface area (Å²) in [6, 6.07) is 0. The summed E-state index contributed by atoms with van der Waals surface area (Å²) >= 11 is 3.20. The standard InChI is InChI=1S/C10H13BrO4/c1-2-15-9(14)10(3-4-10)7(6-11)5-8(12)13/h5H,2-4,6H2,1H3,(H,12,13)/b7-5-. The van der Waals surface area contributed by atoms with Gasteiger partial charge in [-0.3, -0.25) is 4.79 Å². The number of ether oxygens (including phenoxy) is 1. The predicted octanol–water partition coefficient (Wildman–Crippen LogP) is 1.74. The first-order valence-corrected chi connectivity index (χ1v) is 5.86. The Morgan fingerprint density at radius 1 is 1.53 bits per heavy atom. The monoisotopic (exact) mass is 276 g/mol. The van der Waals surface area contributed by atoms with Crippen LogP contribution in [0.5, 0.6) is 0 Å². The van der Waals surface area contributed by atoms with Crippen molar-refractivity contribution in [1.29, 1.82) is 0 Å². The molecule has 1 saturated carbocycles. The lowest BCUT2D eigenvalue weighted by Gasteiger charge is -2.15. The zero-order chi connectivity index (χ0) is 11.5. The Bertz CT molecular complexity index is 305. The van der Waals surface area contributed by atoms with E-state index in [9.17, 15) is 9.59 Å². The summed E-state index contributed by atoms with van der Waals surface area (Å²) in [5.74, 6) is -1.34. The van der Waals surface area contributed by atoms with Gasteiger partial charge in [-0.2, -0.15) is 0 Å². The van der Waals surface area contributed by atoms with Crippen LogP contribution in [0.3, 0.4) is 0 Å². The van der Waals surface area contributed by atoms with Crippen LogP contribution in [0.15, 0.2) is 11.6 Å². The number of alkyl halides is 1. The maximum Gasteiger partial charge on any atom is 0.328 e. The molecule has 0 heterocycles. The number of carboxylic acids is 1. The van der Waals surface area contributed by atoms with E-state index in [-0.39, 0.29) is 5.97 Å². The number of hydrogen-bond acceptors (Lipinski definition) is 3. The van der Waals surface area contributed by atoms with Gasteiger partial charge in [0.15, 0.2) is 0 Å². The van der Waals surface area contributed by atoms with E-state index in [1.807, 2.05) is 0 Å². The number of rotatable bonds is 5. The van der Waals surface area contributed by atoms with Gasteiger partial charge in [0, 0.05) is 11.4 Å². The smallest absolute Gasteiger partial charge is 0.328 e. The molecule has 0 aromatic carbocycles. The Morgan fingerprint density at radius 3 is 2.47 bits per heavy atom. The first-order valence-electron chi connectivity index (χ1n) is 4.74. The summed E-state index contributed by atoms with van der Waals surface area (Å²) in [7, 11) is 0. The van der Waals surface area contributed by atoms with Crippen molar-refractivity contribution in [2.45, 2.75) is 19.8 Å². The van der Waals surface area contributed by atoms with Gasteiger partial charge in [-0.1, -0.05) is 15.9 Å². The van der Waals surface area contributed by atoms with E-state index < -0.39 is 11.4 Å². The van der Waals surface area contributed by atoms with Gasteiger partial charge in [0.25, 0.3) is 0 Å². The van der Waals surface area contributed by atoms with Crippen LogP contribution in [0.1, 0.15) is 19.8 Å². The molecule has 0 aromatic rings. The second-order valence-corrected chi connectivity index (χ2v) is 4.00.